The molecule has 104 valence electrons. The topological polar surface area (TPSA) is 53.1 Å². The van der Waals surface area contributed by atoms with Crippen LogP contribution in [0.4, 0.5) is 11.4 Å². The zero-order valence-corrected chi connectivity index (χ0v) is 13.2. The van der Waals surface area contributed by atoms with Crippen LogP contribution in [0.25, 0.3) is 0 Å². The molecule has 0 saturated carbocycles. The van der Waals surface area contributed by atoms with Crippen molar-refractivity contribution in [3.05, 3.63) is 58.1 Å². The average Bonchev–Trinajstić information content (AvgIpc) is 2.46. The summed E-state index contributed by atoms with van der Waals surface area (Å²) in [7, 11) is 1.98. The molecule has 3 nitrogen and oxygen atoms in total. The second-order valence-electron chi connectivity index (χ2n) is 4.63. The lowest BCUT2D eigenvalue weighted by molar-refractivity contribution is 1.13. The molecule has 0 aromatic heterocycles. The SMILES string of the molecule is CCc1ccc(N(C)c2cccc(Br)c2C(=N)N)cc1. The van der Waals surface area contributed by atoms with Gasteiger partial charge in [-0.05, 0) is 52.2 Å². The van der Waals surface area contributed by atoms with Crippen molar-refractivity contribution in [2.75, 3.05) is 11.9 Å². The van der Waals surface area contributed by atoms with Gasteiger partial charge in [0, 0.05) is 17.2 Å². The maximum atomic E-state index is 7.76. The van der Waals surface area contributed by atoms with E-state index >= 15 is 0 Å². The van der Waals surface area contributed by atoms with Crippen molar-refractivity contribution in [3.63, 3.8) is 0 Å². The summed E-state index contributed by atoms with van der Waals surface area (Å²) in [5.41, 5.74) is 9.71. The highest BCUT2D eigenvalue weighted by Gasteiger charge is 2.14. The smallest absolute Gasteiger partial charge is 0.126 e. The number of benzene rings is 2. The molecule has 2 rings (SSSR count). The lowest BCUT2D eigenvalue weighted by Crippen LogP contribution is -2.19. The van der Waals surface area contributed by atoms with Crippen LogP contribution in [-0.2, 0) is 6.42 Å². The van der Waals surface area contributed by atoms with Crippen LogP contribution >= 0.6 is 15.9 Å². The largest absolute Gasteiger partial charge is 0.384 e. The van der Waals surface area contributed by atoms with Crippen molar-refractivity contribution in [2.24, 2.45) is 5.73 Å². The highest BCUT2D eigenvalue weighted by molar-refractivity contribution is 9.10. The second kappa shape index (κ2) is 6.09. The number of nitrogens with two attached hydrogens (primary N) is 1. The summed E-state index contributed by atoms with van der Waals surface area (Å²) in [6.45, 7) is 2.14. The van der Waals surface area contributed by atoms with Gasteiger partial charge in [0.2, 0.25) is 0 Å². The molecule has 0 heterocycles. The monoisotopic (exact) mass is 331 g/mol. The van der Waals surface area contributed by atoms with Crippen LogP contribution in [0.1, 0.15) is 18.1 Å². The molecule has 2 aromatic carbocycles. The van der Waals surface area contributed by atoms with E-state index in [9.17, 15) is 0 Å². The van der Waals surface area contributed by atoms with E-state index in [2.05, 4.69) is 47.1 Å². The summed E-state index contributed by atoms with van der Waals surface area (Å²) in [4.78, 5) is 2.04. The van der Waals surface area contributed by atoms with Crippen molar-refractivity contribution >= 4 is 33.1 Å². The van der Waals surface area contributed by atoms with E-state index in [1.165, 1.54) is 5.56 Å². The minimum absolute atomic E-state index is 0.0597. The number of hydrogen-bond acceptors (Lipinski definition) is 2. The summed E-state index contributed by atoms with van der Waals surface area (Å²) in [6, 6.07) is 14.2. The van der Waals surface area contributed by atoms with Crippen molar-refractivity contribution in [3.8, 4) is 0 Å². The van der Waals surface area contributed by atoms with Crippen LogP contribution < -0.4 is 10.6 Å². The van der Waals surface area contributed by atoms with E-state index in [0.717, 1.165) is 27.8 Å². The van der Waals surface area contributed by atoms with Gasteiger partial charge in [-0.25, -0.2) is 0 Å². The molecular weight excluding hydrogens is 314 g/mol. The number of rotatable bonds is 4. The Kier molecular flexibility index (Phi) is 4.45. The van der Waals surface area contributed by atoms with Gasteiger partial charge in [0.25, 0.3) is 0 Å². The van der Waals surface area contributed by atoms with Gasteiger partial charge in [-0.15, -0.1) is 0 Å². The molecular formula is C16H18BrN3. The Labute approximate surface area is 128 Å². The quantitative estimate of drug-likeness (QED) is 0.655. The van der Waals surface area contributed by atoms with Gasteiger partial charge in [0.05, 0.1) is 11.3 Å². The molecule has 0 aliphatic heterocycles. The van der Waals surface area contributed by atoms with E-state index in [-0.39, 0.29) is 5.84 Å². The highest BCUT2D eigenvalue weighted by atomic mass is 79.9. The minimum Gasteiger partial charge on any atom is -0.384 e. The minimum atomic E-state index is 0.0597. The molecule has 0 saturated heterocycles. The van der Waals surface area contributed by atoms with E-state index < -0.39 is 0 Å². The Hall–Kier alpha value is -1.81. The third-order valence-corrected chi connectivity index (χ3v) is 4.02. The van der Waals surface area contributed by atoms with E-state index in [1.54, 1.807) is 0 Å². The molecule has 0 atom stereocenters. The highest BCUT2D eigenvalue weighted by Crippen LogP contribution is 2.31. The third-order valence-electron chi connectivity index (χ3n) is 3.35. The first kappa shape index (κ1) is 14.6. The number of amidine groups is 1. The third kappa shape index (κ3) is 2.85. The predicted molar refractivity (Wildman–Crippen MR) is 89.0 cm³/mol. The number of hydrogen-bond donors (Lipinski definition) is 2. The Bertz CT molecular complexity index is 620. The molecule has 0 bridgehead atoms. The molecule has 0 radical (unpaired) electrons. The number of nitrogen functional groups attached to an aromatic ring is 1. The Morgan fingerprint density at radius 3 is 2.40 bits per heavy atom. The van der Waals surface area contributed by atoms with Crippen molar-refractivity contribution in [1.82, 2.24) is 0 Å². The summed E-state index contributed by atoms with van der Waals surface area (Å²) in [5.74, 6) is 0.0597. The van der Waals surface area contributed by atoms with Gasteiger partial charge in [-0.3, -0.25) is 5.41 Å². The lowest BCUT2D eigenvalue weighted by atomic mass is 10.1. The van der Waals surface area contributed by atoms with Crippen LogP contribution in [0, 0.1) is 5.41 Å². The van der Waals surface area contributed by atoms with Crippen LogP contribution in [-0.4, -0.2) is 12.9 Å². The van der Waals surface area contributed by atoms with Crippen LogP contribution in [0.15, 0.2) is 46.9 Å². The maximum Gasteiger partial charge on any atom is 0.126 e. The van der Waals surface area contributed by atoms with Gasteiger partial charge >= 0.3 is 0 Å². The first-order valence-electron chi connectivity index (χ1n) is 6.50. The van der Waals surface area contributed by atoms with E-state index in [1.807, 2.05) is 30.1 Å². The molecule has 0 amide bonds. The maximum absolute atomic E-state index is 7.76. The Balaban J connectivity index is 2.44. The van der Waals surface area contributed by atoms with E-state index in [0.29, 0.717) is 0 Å². The summed E-state index contributed by atoms with van der Waals surface area (Å²) in [5, 5.41) is 7.76. The first-order valence-corrected chi connectivity index (χ1v) is 7.29. The molecule has 3 N–H and O–H groups in total. The molecule has 20 heavy (non-hydrogen) atoms. The first-order chi connectivity index (χ1) is 9.54. The summed E-state index contributed by atoms with van der Waals surface area (Å²) >= 11 is 3.46. The number of nitrogens with one attached hydrogen (secondary N) is 1. The van der Waals surface area contributed by atoms with Crippen LogP contribution in [0.5, 0.6) is 0 Å². The fourth-order valence-electron chi connectivity index (χ4n) is 2.15. The number of aryl methyl sites for hydroxylation is 1. The molecule has 0 aliphatic carbocycles. The number of anilines is 2. The summed E-state index contributed by atoms with van der Waals surface area (Å²) < 4.78 is 0.833. The lowest BCUT2D eigenvalue weighted by Gasteiger charge is -2.23. The van der Waals surface area contributed by atoms with Crippen LogP contribution in [0.3, 0.4) is 0 Å². The van der Waals surface area contributed by atoms with Crippen molar-refractivity contribution in [2.45, 2.75) is 13.3 Å². The average molecular weight is 332 g/mol. The zero-order chi connectivity index (χ0) is 14.7. The van der Waals surface area contributed by atoms with Gasteiger partial charge in [0.1, 0.15) is 5.84 Å². The van der Waals surface area contributed by atoms with Gasteiger partial charge in [-0.2, -0.15) is 0 Å². The summed E-state index contributed by atoms with van der Waals surface area (Å²) in [6.07, 6.45) is 1.03. The standard InChI is InChI=1S/C16H18BrN3/c1-3-11-7-9-12(10-8-11)20(2)14-6-4-5-13(17)15(14)16(18)19/h4-10H,3H2,1-2H3,(H3,18,19). The zero-order valence-electron chi connectivity index (χ0n) is 11.7. The molecule has 0 aliphatic rings. The predicted octanol–water partition coefficient (Wildman–Crippen LogP) is 4.06. The Morgan fingerprint density at radius 2 is 1.85 bits per heavy atom. The van der Waals surface area contributed by atoms with Crippen molar-refractivity contribution < 1.29 is 0 Å². The fourth-order valence-corrected chi connectivity index (χ4v) is 2.72. The molecule has 0 fully saturated rings. The van der Waals surface area contributed by atoms with Crippen LogP contribution in [0.2, 0.25) is 0 Å². The number of halogens is 1. The fraction of sp³-hybridized carbons (Fsp3) is 0.188. The molecule has 2 aromatic rings. The molecule has 4 heteroatoms. The van der Waals surface area contributed by atoms with Gasteiger partial charge in [0.15, 0.2) is 0 Å². The van der Waals surface area contributed by atoms with Gasteiger partial charge in [-0.1, -0.05) is 25.1 Å². The van der Waals surface area contributed by atoms with Crippen molar-refractivity contribution in [1.29, 1.82) is 5.41 Å². The second-order valence-corrected chi connectivity index (χ2v) is 5.48. The Morgan fingerprint density at radius 1 is 1.20 bits per heavy atom. The van der Waals surface area contributed by atoms with E-state index in [4.69, 9.17) is 11.1 Å². The normalized spacial score (nSPS) is 10.3. The number of nitrogens with zero attached hydrogens (tertiary/aromatic N) is 1. The molecule has 0 unspecified atom stereocenters. The van der Waals surface area contributed by atoms with Gasteiger partial charge < -0.3 is 10.6 Å². The molecule has 0 spiro atoms.